The van der Waals surface area contributed by atoms with Gasteiger partial charge in [0.1, 0.15) is 12.1 Å². The molecule has 2 aromatic rings. The molecule has 10 nitrogen and oxygen atoms in total. The number of anilines is 2. The molecule has 1 aromatic heterocycles. The van der Waals surface area contributed by atoms with Crippen LogP contribution in [-0.4, -0.2) is 40.5 Å². The van der Waals surface area contributed by atoms with E-state index in [1.807, 2.05) is 4.90 Å². The second-order valence-corrected chi connectivity index (χ2v) is 7.08. The van der Waals surface area contributed by atoms with E-state index in [0.29, 0.717) is 18.1 Å². The lowest BCUT2D eigenvalue weighted by atomic mass is 10.1. The number of amides is 1. The van der Waals surface area contributed by atoms with Crippen LogP contribution in [0.15, 0.2) is 24.5 Å². The molecule has 3 rings (SSSR count). The molecule has 0 radical (unpaired) electrons. The summed E-state index contributed by atoms with van der Waals surface area (Å²) in [4.78, 5) is 32.9. The van der Waals surface area contributed by atoms with Crippen LogP contribution in [0.4, 0.5) is 17.3 Å². The zero-order valence-corrected chi connectivity index (χ0v) is 16.7. The molecule has 1 aliphatic rings. The number of nitrogens with one attached hydrogen (secondary N) is 2. The minimum absolute atomic E-state index is 0.108. The Hall–Kier alpha value is -2.85. The third-order valence-corrected chi connectivity index (χ3v) is 4.74. The number of benzene rings is 1. The predicted molar refractivity (Wildman–Crippen MR) is 108 cm³/mol. The van der Waals surface area contributed by atoms with Crippen molar-refractivity contribution in [2.24, 2.45) is 0 Å². The molecule has 2 heterocycles. The number of piperidine rings is 1. The van der Waals surface area contributed by atoms with Crippen molar-refractivity contribution in [1.82, 2.24) is 15.4 Å². The molecular weight excluding hydrogens is 423 g/mol. The molecule has 154 valence electrons. The Morgan fingerprint density at radius 3 is 2.69 bits per heavy atom. The molecule has 1 aliphatic heterocycles. The highest BCUT2D eigenvalue weighted by atomic mass is 35.5. The van der Waals surface area contributed by atoms with Gasteiger partial charge in [-0.15, -0.1) is 0 Å². The third kappa shape index (κ3) is 5.36. The van der Waals surface area contributed by atoms with Gasteiger partial charge in [0.2, 0.25) is 11.6 Å². The fourth-order valence-electron chi connectivity index (χ4n) is 2.87. The lowest BCUT2D eigenvalue weighted by Crippen LogP contribution is -2.35. The van der Waals surface area contributed by atoms with E-state index in [0.717, 1.165) is 19.3 Å². The molecule has 2 N–H and O–H groups in total. The van der Waals surface area contributed by atoms with Gasteiger partial charge in [0, 0.05) is 18.1 Å². The van der Waals surface area contributed by atoms with Gasteiger partial charge < -0.3 is 9.64 Å². The topological polar surface area (TPSA) is 123 Å². The number of aromatic nitrogens is 2. The Bertz CT molecular complexity index is 907. The van der Waals surface area contributed by atoms with Crippen molar-refractivity contribution >= 4 is 46.4 Å². The van der Waals surface area contributed by atoms with Gasteiger partial charge in [0.05, 0.1) is 9.95 Å². The van der Waals surface area contributed by atoms with Crippen LogP contribution < -0.4 is 20.5 Å². The highest BCUT2D eigenvalue weighted by Gasteiger charge is 2.28. The van der Waals surface area contributed by atoms with Crippen LogP contribution in [0, 0.1) is 10.1 Å². The average molecular weight is 441 g/mol. The number of rotatable bonds is 7. The number of hydrazine groups is 1. The van der Waals surface area contributed by atoms with Crippen molar-refractivity contribution in [1.29, 1.82) is 0 Å². The number of hydrogen-bond donors (Lipinski definition) is 2. The van der Waals surface area contributed by atoms with E-state index in [1.165, 1.54) is 18.5 Å². The van der Waals surface area contributed by atoms with E-state index in [-0.39, 0.29) is 34.7 Å². The molecule has 0 saturated carbocycles. The summed E-state index contributed by atoms with van der Waals surface area (Å²) >= 11 is 11.8. The van der Waals surface area contributed by atoms with Crippen LogP contribution in [0.25, 0.3) is 0 Å². The Morgan fingerprint density at radius 1 is 1.24 bits per heavy atom. The second kappa shape index (κ2) is 9.57. The maximum absolute atomic E-state index is 12.0. The molecule has 1 saturated heterocycles. The minimum Gasteiger partial charge on any atom is -0.482 e. The molecule has 0 atom stereocenters. The van der Waals surface area contributed by atoms with E-state index < -0.39 is 10.8 Å². The predicted octanol–water partition coefficient (Wildman–Crippen LogP) is 3.20. The summed E-state index contributed by atoms with van der Waals surface area (Å²) < 4.78 is 5.32. The molecule has 0 unspecified atom stereocenters. The van der Waals surface area contributed by atoms with E-state index in [1.54, 1.807) is 6.07 Å². The van der Waals surface area contributed by atoms with Gasteiger partial charge in [-0.3, -0.25) is 25.8 Å². The van der Waals surface area contributed by atoms with Crippen LogP contribution in [0.5, 0.6) is 5.75 Å². The summed E-state index contributed by atoms with van der Waals surface area (Å²) in [6.07, 6.45) is 4.17. The average Bonchev–Trinajstić information content (AvgIpc) is 2.71. The molecular formula is C17H18Cl2N6O4. The van der Waals surface area contributed by atoms with Crippen LogP contribution in [0.1, 0.15) is 19.3 Å². The molecule has 29 heavy (non-hydrogen) atoms. The van der Waals surface area contributed by atoms with E-state index >= 15 is 0 Å². The largest absolute Gasteiger partial charge is 0.482 e. The number of ether oxygens (including phenoxy) is 1. The first-order valence-corrected chi connectivity index (χ1v) is 9.58. The van der Waals surface area contributed by atoms with Crippen LogP contribution in [0.2, 0.25) is 10.0 Å². The van der Waals surface area contributed by atoms with Gasteiger partial charge in [-0.25, -0.2) is 9.97 Å². The quantitative estimate of drug-likeness (QED) is 0.496. The number of hydrogen-bond acceptors (Lipinski definition) is 8. The summed E-state index contributed by atoms with van der Waals surface area (Å²) in [7, 11) is 0. The molecule has 1 fully saturated rings. The number of nitro groups is 1. The molecule has 0 aliphatic carbocycles. The first-order chi connectivity index (χ1) is 14.0. The van der Waals surface area contributed by atoms with Gasteiger partial charge in [-0.05, 0) is 37.5 Å². The standard InChI is InChI=1S/C17H18Cl2N6O4/c18-11-4-5-13(12(19)8-11)29-9-14(26)22-23-16-15(25(27)28)17(21-10-20-16)24-6-2-1-3-7-24/h4-5,8,10H,1-3,6-7,9H2,(H,22,26)(H,20,21,23). The zero-order valence-electron chi connectivity index (χ0n) is 15.2. The van der Waals surface area contributed by atoms with Crippen LogP contribution >= 0.6 is 23.2 Å². The normalized spacial score (nSPS) is 13.7. The van der Waals surface area contributed by atoms with Crippen molar-refractivity contribution in [2.45, 2.75) is 19.3 Å². The second-order valence-electron chi connectivity index (χ2n) is 6.24. The zero-order chi connectivity index (χ0) is 20.8. The van der Waals surface area contributed by atoms with E-state index in [4.69, 9.17) is 27.9 Å². The molecule has 0 bridgehead atoms. The van der Waals surface area contributed by atoms with Crippen molar-refractivity contribution in [2.75, 3.05) is 30.0 Å². The Morgan fingerprint density at radius 2 is 2.00 bits per heavy atom. The summed E-state index contributed by atoms with van der Waals surface area (Å²) in [5.74, 6) is -0.177. The molecule has 0 spiro atoms. The molecule has 12 heteroatoms. The molecule has 1 aromatic carbocycles. The summed E-state index contributed by atoms with van der Waals surface area (Å²) in [5.41, 5.74) is 4.51. The number of nitrogens with zero attached hydrogens (tertiary/aromatic N) is 4. The fraction of sp³-hybridized carbons (Fsp3) is 0.353. The van der Waals surface area contributed by atoms with Gasteiger partial charge in [-0.2, -0.15) is 0 Å². The first kappa shape index (κ1) is 20.9. The van der Waals surface area contributed by atoms with Crippen molar-refractivity contribution < 1.29 is 14.5 Å². The minimum atomic E-state index is -0.580. The van der Waals surface area contributed by atoms with Crippen molar-refractivity contribution in [3.05, 3.63) is 44.7 Å². The van der Waals surface area contributed by atoms with Crippen molar-refractivity contribution in [3.8, 4) is 5.75 Å². The van der Waals surface area contributed by atoms with Crippen molar-refractivity contribution in [3.63, 3.8) is 0 Å². The Labute approximate surface area is 176 Å². The van der Waals surface area contributed by atoms with Crippen LogP contribution in [0.3, 0.4) is 0 Å². The third-order valence-electron chi connectivity index (χ3n) is 4.21. The van der Waals surface area contributed by atoms with E-state index in [2.05, 4.69) is 20.8 Å². The number of halogens is 2. The highest BCUT2D eigenvalue weighted by Crippen LogP contribution is 2.32. The molecule has 1 amide bonds. The smallest absolute Gasteiger partial charge is 0.355 e. The monoisotopic (exact) mass is 440 g/mol. The summed E-state index contributed by atoms with van der Waals surface area (Å²) in [6.45, 7) is 0.991. The first-order valence-electron chi connectivity index (χ1n) is 8.82. The summed E-state index contributed by atoms with van der Waals surface area (Å²) in [6, 6.07) is 4.60. The van der Waals surface area contributed by atoms with Crippen LogP contribution in [-0.2, 0) is 4.79 Å². The Balaban J connectivity index is 1.64. The summed E-state index contributed by atoms with van der Waals surface area (Å²) in [5, 5.41) is 12.3. The van der Waals surface area contributed by atoms with Gasteiger partial charge in [-0.1, -0.05) is 23.2 Å². The maximum atomic E-state index is 12.0. The van der Waals surface area contributed by atoms with Gasteiger partial charge >= 0.3 is 5.69 Å². The Kier molecular flexibility index (Phi) is 6.89. The lowest BCUT2D eigenvalue weighted by Gasteiger charge is -2.27. The number of carbonyl (C=O) groups excluding carboxylic acids is 1. The lowest BCUT2D eigenvalue weighted by molar-refractivity contribution is -0.383. The maximum Gasteiger partial charge on any atom is 0.355 e. The number of carbonyl (C=O) groups is 1. The fourth-order valence-corrected chi connectivity index (χ4v) is 3.33. The van der Waals surface area contributed by atoms with E-state index in [9.17, 15) is 14.9 Å². The van der Waals surface area contributed by atoms with Gasteiger partial charge in [0.15, 0.2) is 6.61 Å². The van der Waals surface area contributed by atoms with Gasteiger partial charge in [0.25, 0.3) is 5.91 Å². The highest BCUT2D eigenvalue weighted by molar-refractivity contribution is 6.35. The SMILES string of the molecule is O=C(COc1ccc(Cl)cc1Cl)NNc1ncnc(N2CCCCC2)c1[N+](=O)[O-].